The number of imidazole rings is 1. The molecule has 2 heterocycles. The minimum absolute atomic E-state index is 0.118. The van der Waals surface area contributed by atoms with E-state index in [1.54, 1.807) is 5.32 Å². The van der Waals surface area contributed by atoms with Crippen molar-refractivity contribution in [2.24, 2.45) is 0 Å². The second kappa shape index (κ2) is 11.2. The third kappa shape index (κ3) is 6.46. The van der Waals surface area contributed by atoms with Crippen molar-refractivity contribution in [3.05, 3.63) is 81.3 Å². The van der Waals surface area contributed by atoms with Gasteiger partial charge in [-0.3, -0.25) is 14.4 Å². The van der Waals surface area contributed by atoms with Crippen LogP contribution in [0.4, 0.5) is 40.9 Å². The molecule has 0 radical (unpaired) electrons. The first-order valence-corrected chi connectivity index (χ1v) is 11.9. The molecule has 1 aliphatic rings. The number of aromatic nitrogens is 2. The number of alkyl halides is 6. The van der Waals surface area contributed by atoms with E-state index in [0.717, 1.165) is 22.8 Å². The number of rotatable bonds is 6. The highest BCUT2D eigenvalue weighted by Crippen LogP contribution is 2.36. The average Bonchev–Trinajstić information content (AvgIpc) is 3.24. The Morgan fingerprint density at radius 2 is 1.76 bits per heavy atom. The highest BCUT2D eigenvalue weighted by atomic mass is 35.5. The molecule has 1 aromatic heterocycles. The lowest BCUT2D eigenvalue weighted by Gasteiger charge is -2.28. The molecule has 4 rings (SSSR count). The van der Waals surface area contributed by atoms with Crippen LogP contribution >= 0.6 is 11.6 Å². The van der Waals surface area contributed by atoms with Crippen molar-refractivity contribution in [3.63, 3.8) is 0 Å². The number of anilines is 1. The summed E-state index contributed by atoms with van der Waals surface area (Å²) in [5.41, 5.74) is -2.72. The summed E-state index contributed by atoms with van der Waals surface area (Å²) in [6.07, 6.45) is -13.1. The number of carbonyl (C=O) groups is 3. The zero-order valence-electron chi connectivity index (χ0n) is 20.5. The average molecular weight is 626 g/mol. The molecule has 2 aromatic carbocycles. The summed E-state index contributed by atoms with van der Waals surface area (Å²) < 4.78 is 107. The minimum atomic E-state index is -5.10. The lowest BCUT2D eigenvalue weighted by molar-refractivity contribution is -0.201. The summed E-state index contributed by atoms with van der Waals surface area (Å²) in [5, 5.41) is 15.4. The SMILES string of the molecule is O=C1Cn2c(C(=O)NCC(O)C(F)(F)F)nc(NC(=O)c3cc(F)cc(C(F)(F)F)c3)c2[C@H](c2cc(F)ccc2Cl)N1. The summed E-state index contributed by atoms with van der Waals surface area (Å²) >= 11 is 6.18. The second-order valence-electron chi connectivity index (χ2n) is 8.87. The van der Waals surface area contributed by atoms with Gasteiger partial charge in [0.1, 0.15) is 18.2 Å². The van der Waals surface area contributed by atoms with E-state index >= 15 is 0 Å². The third-order valence-corrected chi connectivity index (χ3v) is 6.26. The Kier molecular flexibility index (Phi) is 8.19. The van der Waals surface area contributed by atoms with Gasteiger partial charge in [0.05, 0.1) is 23.8 Å². The van der Waals surface area contributed by atoms with Gasteiger partial charge in [-0.1, -0.05) is 11.6 Å². The number of halogens is 9. The van der Waals surface area contributed by atoms with Gasteiger partial charge in [-0.05, 0) is 36.4 Å². The number of fused-ring (bicyclic) bond motifs is 1. The summed E-state index contributed by atoms with van der Waals surface area (Å²) in [5.74, 6) is -7.15. The maximum atomic E-state index is 14.1. The Hall–Kier alpha value is -4.25. The molecule has 1 aliphatic heterocycles. The fourth-order valence-corrected chi connectivity index (χ4v) is 4.24. The first-order valence-electron chi connectivity index (χ1n) is 11.5. The van der Waals surface area contributed by atoms with Crippen LogP contribution in [0.25, 0.3) is 0 Å². The minimum Gasteiger partial charge on any atom is -0.382 e. The third-order valence-electron chi connectivity index (χ3n) is 5.91. The van der Waals surface area contributed by atoms with Gasteiger partial charge in [0.15, 0.2) is 11.9 Å². The largest absolute Gasteiger partial charge is 0.416 e. The predicted molar refractivity (Wildman–Crippen MR) is 127 cm³/mol. The van der Waals surface area contributed by atoms with E-state index < -0.39 is 89.7 Å². The Morgan fingerprint density at radius 3 is 2.40 bits per heavy atom. The zero-order valence-corrected chi connectivity index (χ0v) is 21.3. The molecule has 2 atom stereocenters. The second-order valence-corrected chi connectivity index (χ2v) is 9.28. The molecule has 4 N–H and O–H groups in total. The molecule has 0 aliphatic carbocycles. The van der Waals surface area contributed by atoms with E-state index in [1.807, 2.05) is 0 Å². The van der Waals surface area contributed by atoms with Crippen molar-refractivity contribution in [2.45, 2.75) is 31.0 Å². The molecule has 18 heteroatoms. The molecule has 224 valence electrons. The molecule has 42 heavy (non-hydrogen) atoms. The van der Waals surface area contributed by atoms with Crippen LogP contribution in [0.5, 0.6) is 0 Å². The van der Waals surface area contributed by atoms with Crippen LogP contribution in [-0.2, 0) is 17.5 Å². The summed E-state index contributed by atoms with van der Waals surface area (Å²) in [6.45, 7) is -2.04. The van der Waals surface area contributed by atoms with Gasteiger partial charge in [-0.15, -0.1) is 0 Å². The van der Waals surface area contributed by atoms with Crippen molar-refractivity contribution >= 4 is 35.1 Å². The van der Waals surface area contributed by atoms with Gasteiger partial charge in [-0.25, -0.2) is 13.8 Å². The van der Waals surface area contributed by atoms with Crippen LogP contribution in [0.3, 0.4) is 0 Å². The topological polar surface area (TPSA) is 125 Å². The van der Waals surface area contributed by atoms with Crippen molar-refractivity contribution in [1.29, 1.82) is 0 Å². The van der Waals surface area contributed by atoms with E-state index in [-0.39, 0.29) is 22.3 Å². The summed E-state index contributed by atoms with van der Waals surface area (Å²) in [7, 11) is 0. The first-order chi connectivity index (χ1) is 19.5. The van der Waals surface area contributed by atoms with Crippen LogP contribution < -0.4 is 16.0 Å². The zero-order chi connectivity index (χ0) is 31.1. The fraction of sp³-hybridized carbons (Fsp3) is 0.250. The van der Waals surface area contributed by atoms with E-state index in [0.29, 0.717) is 12.1 Å². The number of benzene rings is 2. The quantitative estimate of drug-likeness (QED) is 0.309. The Morgan fingerprint density at radius 1 is 1.07 bits per heavy atom. The van der Waals surface area contributed by atoms with E-state index in [4.69, 9.17) is 11.6 Å². The van der Waals surface area contributed by atoms with Gasteiger partial charge in [0.2, 0.25) is 11.7 Å². The number of nitrogens with one attached hydrogen (secondary N) is 3. The molecule has 3 amide bonds. The normalized spacial score (nSPS) is 16.0. The molecule has 0 spiro atoms. The molecule has 3 aromatic rings. The Labute approximate surface area is 234 Å². The number of amides is 3. The number of aliphatic hydroxyl groups excluding tert-OH is 1. The monoisotopic (exact) mass is 625 g/mol. The number of nitrogens with zero attached hydrogens (tertiary/aromatic N) is 2. The van der Waals surface area contributed by atoms with Crippen molar-refractivity contribution < 1.29 is 54.6 Å². The van der Waals surface area contributed by atoms with Crippen LogP contribution in [-0.4, -0.2) is 51.2 Å². The smallest absolute Gasteiger partial charge is 0.382 e. The first kappa shape index (κ1) is 30.7. The van der Waals surface area contributed by atoms with Crippen LogP contribution in [0.15, 0.2) is 36.4 Å². The molecular formula is C24H16ClF8N5O4. The van der Waals surface area contributed by atoms with Crippen LogP contribution in [0.2, 0.25) is 5.02 Å². The van der Waals surface area contributed by atoms with Crippen molar-refractivity contribution in [2.75, 3.05) is 11.9 Å². The van der Waals surface area contributed by atoms with Crippen molar-refractivity contribution in [3.8, 4) is 0 Å². The number of aliphatic hydroxyl groups is 1. The van der Waals surface area contributed by atoms with Gasteiger partial charge in [0.25, 0.3) is 11.8 Å². The van der Waals surface area contributed by atoms with Crippen molar-refractivity contribution in [1.82, 2.24) is 20.2 Å². The highest BCUT2D eigenvalue weighted by molar-refractivity contribution is 6.31. The predicted octanol–water partition coefficient (Wildman–Crippen LogP) is 3.96. The van der Waals surface area contributed by atoms with Crippen LogP contribution in [0, 0.1) is 11.6 Å². The van der Waals surface area contributed by atoms with Gasteiger partial charge < -0.3 is 25.6 Å². The molecule has 0 fully saturated rings. The van der Waals surface area contributed by atoms with Gasteiger partial charge >= 0.3 is 12.4 Å². The summed E-state index contributed by atoms with van der Waals surface area (Å²) in [4.78, 5) is 42.2. The highest BCUT2D eigenvalue weighted by Gasteiger charge is 2.40. The molecule has 0 saturated carbocycles. The van der Waals surface area contributed by atoms with Gasteiger partial charge in [0, 0.05) is 16.1 Å². The maximum Gasteiger partial charge on any atom is 0.416 e. The molecule has 0 bridgehead atoms. The number of carbonyl (C=O) groups excluding carboxylic acids is 3. The van der Waals surface area contributed by atoms with E-state index in [2.05, 4.69) is 15.6 Å². The lowest BCUT2D eigenvalue weighted by atomic mass is 10.0. The van der Waals surface area contributed by atoms with Crippen LogP contribution in [0.1, 0.15) is 43.8 Å². The van der Waals surface area contributed by atoms with E-state index in [9.17, 15) is 54.6 Å². The Bertz CT molecular complexity index is 1570. The molecule has 1 unspecified atom stereocenters. The standard InChI is InChI=1S/C24H16ClF8N5O4/c25-14-2-1-11(26)6-13(14)17-18-19(37-21(41)9-3-10(23(28,29)30)5-12(27)4-9)36-20(38(18)8-16(40)35-17)22(42)34-7-15(39)24(31,32)33/h1-6,15,17,39H,7-8H2,(H,34,42)(H,35,40)(H,37,41)/t15?,17-/m0/s1. The van der Waals surface area contributed by atoms with E-state index in [1.165, 1.54) is 0 Å². The number of hydrogen-bond donors (Lipinski definition) is 4. The molecule has 9 nitrogen and oxygen atoms in total. The molecular weight excluding hydrogens is 610 g/mol. The fourth-order valence-electron chi connectivity index (χ4n) is 4.01. The Balaban J connectivity index is 1.81. The molecule has 0 saturated heterocycles. The summed E-state index contributed by atoms with van der Waals surface area (Å²) in [6, 6.07) is 2.48. The lowest BCUT2D eigenvalue weighted by Crippen LogP contribution is -2.43. The van der Waals surface area contributed by atoms with Gasteiger partial charge in [-0.2, -0.15) is 26.3 Å². The maximum absolute atomic E-state index is 14.1. The number of hydrogen-bond acceptors (Lipinski definition) is 5.